The Kier molecular flexibility index (Phi) is 5.94. The van der Waals surface area contributed by atoms with Crippen LogP contribution in [0.4, 0.5) is 9.18 Å². The van der Waals surface area contributed by atoms with Crippen LogP contribution < -0.4 is 10.1 Å². The van der Waals surface area contributed by atoms with Crippen LogP contribution in [0.25, 0.3) is 0 Å². The van der Waals surface area contributed by atoms with Crippen LogP contribution >= 0.6 is 0 Å². The van der Waals surface area contributed by atoms with Crippen molar-refractivity contribution in [3.05, 3.63) is 59.7 Å². The third-order valence-corrected chi connectivity index (χ3v) is 5.92. The molecule has 1 fully saturated rings. The number of piperidine rings is 1. The van der Waals surface area contributed by atoms with Crippen molar-refractivity contribution in [3.63, 3.8) is 0 Å². The number of hydrogen-bond acceptors (Lipinski definition) is 4. The molecule has 0 aliphatic carbocycles. The van der Waals surface area contributed by atoms with Gasteiger partial charge in [-0.05, 0) is 49.6 Å². The lowest BCUT2D eigenvalue weighted by Crippen LogP contribution is -2.49. The average Bonchev–Trinajstić information content (AvgIpc) is 2.98. The zero-order valence-corrected chi connectivity index (χ0v) is 16.7. The molecule has 2 aromatic rings. The predicted octanol–water partition coefficient (Wildman–Crippen LogP) is 3.35. The minimum absolute atomic E-state index is 0.132. The number of nitrogens with zero attached hydrogens (tertiary/aromatic N) is 3. The van der Waals surface area contributed by atoms with Crippen LogP contribution in [-0.4, -0.2) is 53.1 Å². The van der Waals surface area contributed by atoms with Crippen molar-refractivity contribution >= 4 is 6.03 Å². The fourth-order valence-corrected chi connectivity index (χ4v) is 4.09. The molecule has 1 atom stereocenters. The number of hydrogen-bond donors (Lipinski definition) is 1. The molecule has 1 aromatic heterocycles. The zero-order chi connectivity index (χ0) is 20.2. The molecule has 154 valence electrons. The summed E-state index contributed by atoms with van der Waals surface area (Å²) in [7, 11) is 0. The molecule has 1 aromatic carbocycles. The van der Waals surface area contributed by atoms with Crippen LogP contribution in [0.2, 0.25) is 0 Å². The van der Waals surface area contributed by atoms with E-state index < -0.39 is 0 Å². The fraction of sp³-hybridized carbons (Fsp3) is 0.455. The number of carbonyl (C=O) groups excluding carboxylic acids is 1. The molecule has 2 aliphatic heterocycles. The number of likely N-dealkylation sites (tertiary alicyclic amines) is 1. The number of urea groups is 1. The molecule has 3 heterocycles. The number of amides is 2. The second kappa shape index (κ2) is 8.78. The van der Waals surface area contributed by atoms with Gasteiger partial charge in [-0.3, -0.25) is 9.88 Å². The van der Waals surface area contributed by atoms with E-state index in [1.807, 2.05) is 12.4 Å². The number of rotatable bonds is 3. The Morgan fingerprint density at radius 1 is 1.21 bits per heavy atom. The summed E-state index contributed by atoms with van der Waals surface area (Å²) in [6.07, 6.45) is 5.45. The van der Waals surface area contributed by atoms with E-state index in [-0.39, 0.29) is 24.4 Å². The highest BCUT2D eigenvalue weighted by atomic mass is 19.1. The minimum atomic E-state index is -0.333. The first-order valence-corrected chi connectivity index (χ1v) is 10.2. The molecular weight excluding hydrogens is 371 g/mol. The van der Waals surface area contributed by atoms with Gasteiger partial charge >= 0.3 is 6.03 Å². The number of carbonyl (C=O) groups is 1. The number of nitrogens with one attached hydrogen (secondary N) is 1. The molecule has 0 saturated carbocycles. The van der Waals surface area contributed by atoms with Crippen LogP contribution in [0.1, 0.15) is 36.9 Å². The third kappa shape index (κ3) is 4.50. The van der Waals surface area contributed by atoms with Gasteiger partial charge in [0.15, 0.2) is 0 Å². The molecule has 6 nitrogen and oxygen atoms in total. The largest absolute Gasteiger partial charge is 0.491 e. The summed E-state index contributed by atoms with van der Waals surface area (Å²) in [5.74, 6) is 0.194. The summed E-state index contributed by atoms with van der Waals surface area (Å²) in [4.78, 5) is 21.0. The molecular formula is C22H27FN4O2. The molecule has 0 bridgehead atoms. The van der Waals surface area contributed by atoms with Crippen LogP contribution in [0.15, 0.2) is 42.7 Å². The maximum atomic E-state index is 14.2. The third-order valence-electron chi connectivity index (χ3n) is 5.92. The van der Waals surface area contributed by atoms with Crippen molar-refractivity contribution in [2.24, 2.45) is 0 Å². The summed E-state index contributed by atoms with van der Waals surface area (Å²) >= 11 is 0. The van der Waals surface area contributed by atoms with Crippen molar-refractivity contribution in [2.75, 3.05) is 26.2 Å². The Morgan fingerprint density at radius 3 is 2.72 bits per heavy atom. The molecule has 0 radical (unpaired) electrons. The molecule has 4 rings (SSSR count). The number of pyridine rings is 1. The lowest BCUT2D eigenvalue weighted by Gasteiger charge is -2.37. The summed E-state index contributed by atoms with van der Waals surface area (Å²) in [5, 5.41) is 3.14. The average molecular weight is 398 g/mol. The van der Waals surface area contributed by atoms with Crippen molar-refractivity contribution in [1.82, 2.24) is 20.1 Å². The fourth-order valence-electron chi connectivity index (χ4n) is 4.09. The summed E-state index contributed by atoms with van der Waals surface area (Å²) in [6, 6.07) is 9.20. The van der Waals surface area contributed by atoms with Gasteiger partial charge in [0.05, 0.1) is 13.1 Å². The molecule has 1 N–H and O–H groups in total. The number of benzene rings is 1. The Hall–Kier alpha value is -2.67. The topological polar surface area (TPSA) is 57.7 Å². The smallest absolute Gasteiger partial charge is 0.318 e. The minimum Gasteiger partial charge on any atom is -0.491 e. The quantitative estimate of drug-likeness (QED) is 0.862. The second-order valence-electron chi connectivity index (χ2n) is 7.70. The zero-order valence-electron chi connectivity index (χ0n) is 16.7. The van der Waals surface area contributed by atoms with Gasteiger partial charge in [0.25, 0.3) is 0 Å². The lowest BCUT2D eigenvalue weighted by atomic mass is 10.0. The van der Waals surface area contributed by atoms with Gasteiger partial charge in [0, 0.05) is 43.1 Å². The highest BCUT2D eigenvalue weighted by Gasteiger charge is 2.27. The van der Waals surface area contributed by atoms with Gasteiger partial charge in [-0.2, -0.15) is 0 Å². The highest BCUT2D eigenvalue weighted by Crippen LogP contribution is 2.26. The van der Waals surface area contributed by atoms with E-state index in [2.05, 4.69) is 34.3 Å². The number of ether oxygens (including phenoxy) is 1. The molecule has 2 aliphatic rings. The molecule has 1 unspecified atom stereocenters. The van der Waals surface area contributed by atoms with Gasteiger partial charge in [0.2, 0.25) is 0 Å². The maximum Gasteiger partial charge on any atom is 0.318 e. The van der Waals surface area contributed by atoms with Crippen LogP contribution in [0.5, 0.6) is 5.75 Å². The Morgan fingerprint density at radius 2 is 1.97 bits per heavy atom. The molecule has 0 spiro atoms. The van der Waals surface area contributed by atoms with E-state index in [4.69, 9.17) is 4.74 Å². The van der Waals surface area contributed by atoms with Gasteiger partial charge in [-0.15, -0.1) is 0 Å². The standard InChI is InChI=1S/C22H27FN4O2/c1-16(17-5-9-24-10-6-17)26-11-7-18(8-12-26)25-22(28)27-13-14-29-21-4-2-3-20(23)19(21)15-27/h2-6,9-10,16,18H,7-8,11-15H2,1H3,(H,25,28). The normalized spacial score (nSPS) is 19.0. The summed E-state index contributed by atoms with van der Waals surface area (Å²) in [5.41, 5.74) is 1.70. The van der Waals surface area contributed by atoms with Gasteiger partial charge in [-0.25, -0.2) is 9.18 Å². The summed E-state index contributed by atoms with van der Waals surface area (Å²) in [6.45, 7) is 5.09. The number of aromatic nitrogens is 1. The van der Waals surface area contributed by atoms with E-state index in [0.717, 1.165) is 25.9 Å². The van der Waals surface area contributed by atoms with E-state index in [1.54, 1.807) is 17.0 Å². The van der Waals surface area contributed by atoms with Gasteiger partial charge in [0.1, 0.15) is 18.2 Å². The van der Waals surface area contributed by atoms with Crippen LogP contribution in [0, 0.1) is 5.82 Å². The van der Waals surface area contributed by atoms with E-state index in [1.165, 1.54) is 11.6 Å². The lowest BCUT2D eigenvalue weighted by molar-refractivity contribution is 0.143. The Balaban J connectivity index is 1.31. The SMILES string of the molecule is CC(c1ccncc1)N1CCC(NC(=O)N2CCOc3cccc(F)c3C2)CC1. The van der Waals surface area contributed by atoms with E-state index >= 15 is 0 Å². The Bertz CT molecular complexity index is 840. The maximum absolute atomic E-state index is 14.2. The van der Waals surface area contributed by atoms with Crippen molar-refractivity contribution in [1.29, 1.82) is 0 Å². The van der Waals surface area contributed by atoms with Gasteiger partial charge < -0.3 is 15.0 Å². The summed E-state index contributed by atoms with van der Waals surface area (Å²) < 4.78 is 19.8. The first-order chi connectivity index (χ1) is 14.1. The molecule has 1 saturated heterocycles. The van der Waals surface area contributed by atoms with Crippen molar-refractivity contribution in [2.45, 2.75) is 38.4 Å². The van der Waals surface area contributed by atoms with Crippen LogP contribution in [-0.2, 0) is 6.54 Å². The Labute approximate surface area is 170 Å². The molecule has 2 amide bonds. The highest BCUT2D eigenvalue weighted by molar-refractivity contribution is 5.74. The van der Waals surface area contributed by atoms with Crippen LogP contribution in [0.3, 0.4) is 0 Å². The van der Waals surface area contributed by atoms with Gasteiger partial charge in [-0.1, -0.05) is 6.07 Å². The first kappa shape index (κ1) is 19.6. The van der Waals surface area contributed by atoms with E-state index in [9.17, 15) is 9.18 Å². The number of fused-ring (bicyclic) bond motifs is 1. The molecule has 29 heavy (non-hydrogen) atoms. The molecule has 7 heteroatoms. The van der Waals surface area contributed by atoms with E-state index in [0.29, 0.717) is 30.5 Å². The second-order valence-corrected chi connectivity index (χ2v) is 7.70. The number of halogens is 1. The van der Waals surface area contributed by atoms with Crippen molar-refractivity contribution < 1.29 is 13.9 Å². The monoisotopic (exact) mass is 398 g/mol. The predicted molar refractivity (Wildman–Crippen MR) is 108 cm³/mol. The first-order valence-electron chi connectivity index (χ1n) is 10.2. The van der Waals surface area contributed by atoms with Crippen molar-refractivity contribution in [3.8, 4) is 5.75 Å².